The van der Waals surface area contributed by atoms with Crippen LogP contribution in [-0.4, -0.2) is 32.8 Å². The van der Waals surface area contributed by atoms with E-state index < -0.39 is 10.0 Å². The van der Waals surface area contributed by atoms with Gasteiger partial charge in [0.2, 0.25) is 10.0 Å². The molecule has 0 fully saturated rings. The number of nitrogens with zero attached hydrogens (tertiary/aromatic N) is 1. The number of halogens is 1. The molecule has 0 atom stereocenters. The molecule has 156 valence electrons. The second-order valence-electron chi connectivity index (χ2n) is 6.60. The highest BCUT2D eigenvalue weighted by atomic mass is 35.5. The number of rotatable bonds is 7. The molecule has 0 unspecified atom stereocenters. The lowest BCUT2D eigenvalue weighted by atomic mass is 10.1. The highest BCUT2D eigenvalue weighted by Crippen LogP contribution is 2.21. The van der Waals surface area contributed by atoms with Gasteiger partial charge in [-0.15, -0.1) is 0 Å². The summed E-state index contributed by atoms with van der Waals surface area (Å²) in [4.78, 5) is 12.6. The number of carbonyl (C=O) groups excluding carboxylic acids is 1. The van der Waals surface area contributed by atoms with Gasteiger partial charge in [0.1, 0.15) is 5.75 Å². The third-order valence-electron chi connectivity index (χ3n) is 4.47. The molecule has 3 aromatic carbocycles. The topological polar surface area (TPSA) is 75.7 Å². The van der Waals surface area contributed by atoms with Gasteiger partial charge in [0, 0.05) is 29.9 Å². The first-order chi connectivity index (χ1) is 14.3. The Labute approximate surface area is 181 Å². The zero-order valence-corrected chi connectivity index (χ0v) is 18.1. The van der Waals surface area contributed by atoms with Crippen molar-refractivity contribution in [3.63, 3.8) is 0 Å². The van der Waals surface area contributed by atoms with Crippen LogP contribution in [0.5, 0.6) is 5.75 Å². The molecule has 0 bridgehead atoms. The summed E-state index contributed by atoms with van der Waals surface area (Å²) in [7, 11) is -0.612. The van der Waals surface area contributed by atoms with Gasteiger partial charge in [-0.05, 0) is 60.2 Å². The molecule has 0 aliphatic carbocycles. The van der Waals surface area contributed by atoms with Crippen molar-refractivity contribution < 1.29 is 17.9 Å². The molecule has 0 aromatic heterocycles. The van der Waals surface area contributed by atoms with Crippen LogP contribution in [0.1, 0.15) is 15.9 Å². The third kappa shape index (κ3) is 5.18. The number of carbonyl (C=O) groups is 1. The van der Waals surface area contributed by atoms with E-state index in [0.29, 0.717) is 22.0 Å². The van der Waals surface area contributed by atoms with E-state index in [-0.39, 0.29) is 17.3 Å². The lowest BCUT2D eigenvalue weighted by molar-refractivity contribution is 0.102. The lowest BCUT2D eigenvalue weighted by Crippen LogP contribution is -2.26. The van der Waals surface area contributed by atoms with E-state index in [4.69, 9.17) is 16.3 Å². The first-order valence-corrected chi connectivity index (χ1v) is 10.9. The molecular formula is C22H21ClN2O4S. The SMILES string of the molecule is COc1ccc(S(=O)(=O)N(C)Cc2ccc(C(=O)Nc3cccc(Cl)c3)cc2)cc1. The smallest absolute Gasteiger partial charge is 0.255 e. The maximum absolute atomic E-state index is 12.8. The summed E-state index contributed by atoms with van der Waals surface area (Å²) in [5.41, 5.74) is 1.81. The monoisotopic (exact) mass is 444 g/mol. The Balaban J connectivity index is 1.67. The zero-order valence-electron chi connectivity index (χ0n) is 16.5. The Morgan fingerprint density at radius 1 is 1.03 bits per heavy atom. The predicted octanol–water partition coefficient (Wildman–Crippen LogP) is 4.42. The zero-order chi connectivity index (χ0) is 21.7. The molecule has 0 heterocycles. The molecule has 0 saturated carbocycles. The maximum Gasteiger partial charge on any atom is 0.255 e. The highest BCUT2D eigenvalue weighted by Gasteiger charge is 2.21. The summed E-state index contributed by atoms with van der Waals surface area (Å²) in [6.45, 7) is 0.171. The average molecular weight is 445 g/mol. The number of anilines is 1. The van der Waals surface area contributed by atoms with Crippen molar-refractivity contribution in [3.05, 3.63) is 88.9 Å². The Hall–Kier alpha value is -2.87. The summed E-state index contributed by atoms with van der Waals surface area (Å²) in [6, 6.07) is 19.9. The number of amides is 1. The molecule has 0 aliphatic rings. The number of hydrogen-bond donors (Lipinski definition) is 1. The first-order valence-electron chi connectivity index (χ1n) is 9.06. The molecule has 8 heteroatoms. The van der Waals surface area contributed by atoms with Crippen LogP contribution < -0.4 is 10.1 Å². The van der Waals surface area contributed by atoms with Gasteiger partial charge in [-0.2, -0.15) is 4.31 Å². The molecular weight excluding hydrogens is 424 g/mol. The van der Waals surface area contributed by atoms with Crippen molar-refractivity contribution in [2.24, 2.45) is 0 Å². The van der Waals surface area contributed by atoms with E-state index in [1.807, 2.05) is 0 Å². The van der Waals surface area contributed by atoms with Crippen LogP contribution in [0.4, 0.5) is 5.69 Å². The van der Waals surface area contributed by atoms with Gasteiger partial charge in [-0.1, -0.05) is 29.8 Å². The summed E-state index contributed by atoms with van der Waals surface area (Å²) in [6.07, 6.45) is 0. The first kappa shape index (κ1) is 21.8. The second-order valence-corrected chi connectivity index (χ2v) is 9.08. The van der Waals surface area contributed by atoms with Crippen molar-refractivity contribution in [3.8, 4) is 5.75 Å². The summed E-state index contributed by atoms with van der Waals surface area (Å²) in [5, 5.41) is 3.31. The van der Waals surface area contributed by atoms with Crippen LogP contribution in [0.25, 0.3) is 0 Å². The van der Waals surface area contributed by atoms with Gasteiger partial charge in [-0.25, -0.2) is 8.42 Å². The number of sulfonamides is 1. The minimum absolute atomic E-state index is 0.171. The maximum atomic E-state index is 12.8. The van der Waals surface area contributed by atoms with Crippen LogP contribution >= 0.6 is 11.6 Å². The highest BCUT2D eigenvalue weighted by molar-refractivity contribution is 7.89. The van der Waals surface area contributed by atoms with Gasteiger partial charge in [0.25, 0.3) is 5.91 Å². The Kier molecular flexibility index (Phi) is 6.77. The van der Waals surface area contributed by atoms with Crippen LogP contribution in [0.15, 0.2) is 77.7 Å². The fraction of sp³-hybridized carbons (Fsp3) is 0.136. The molecule has 0 saturated heterocycles. The van der Waals surface area contributed by atoms with E-state index in [1.165, 1.54) is 30.6 Å². The molecule has 0 radical (unpaired) electrons. The van der Waals surface area contributed by atoms with E-state index in [1.54, 1.807) is 60.7 Å². The Morgan fingerprint density at radius 3 is 2.30 bits per heavy atom. The van der Waals surface area contributed by atoms with E-state index in [9.17, 15) is 13.2 Å². The van der Waals surface area contributed by atoms with Crippen molar-refractivity contribution in [2.75, 3.05) is 19.5 Å². The number of nitrogens with one attached hydrogen (secondary N) is 1. The summed E-state index contributed by atoms with van der Waals surface area (Å²) >= 11 is 5.93. The molecule has 3 aromatic rings. The van der Waals surface area contributed by atoms with Gasteiger partial charge in [0.05, 0.1) is 12.0 Å². The standard InChI is InChI=1S/C22H21ClN2O4S/c1-25(30(27,28)21-12-10-20(29-2)11-13-21)15-16-6-8-17(9-7-16)22(26)24-19-5-3-4-18(23)14-19/h3-14H,15H2,1-2H3,(H,24,26). The minimum Gasteiger partial charge on any atom is -0.497 e. The Bertz CT molecular complexity index is 1130. The van der Waals surface area contributed by atoms with Gasteiger partial charge >= 0.3 is 0 Å². The van der Waals surface area contributed by atoms with E-state index >= 15 is 0 Å². The Morgan fingerprint density at radius 2 is 1.70 bits per heavy atom. The third-order valence-corrected chi connectivity index (χ3v) is 6.52. The van der Waals surface area contributed by atoms with Crippen LogP contribution in [0.3, 0.4) is 0 Å². The van der Waals surface area contributed by atoms with Crippen molar-refractivity contribution in [1.82, 2.24) is 4.31 Å². The number of ether oxygens (including phenoxy) is 1. The molecule has 6 nitrogen and oxygen atoms in total. The van der Waals surface area contributed by atoms with Gasteiger partial charge in [-0.3, -0.25) is 4.79 Å². The fourth-order valence-corrected chi connectivity index (χ4v) is 4.15. The summed E-state index contributed by atoms with van der Waals surface area (Å²) in [5.74, 6) is 0.311. The number of methoxy groups -OCH3 is 1. The van der Waals surface area contributed by atoms with Gasteiger partial charge < -0.3 is 10.1 Å². The van der Waals surface area contributed by atoms with Crippen molar-refractivity contribution in [2.45, 2.75) is 11.4 Å². The second kappa shape index (κ2) is 9.30. The summed E-state index contributed by atoms with van der Waals surface area (Å²) < 4.78 is 31.8. The van der Waals surface area contributed by atoms with Crippen molar-refractivity contribution >= 4 is 33.2 Å². The molecule has 0 aliphatic heterocycles. The average Bonchev–Trinajstić information content (AvgIpc) is 2.74. The van der Waals surface area contributed by atoms with E-state index in [0.717, 1.165) is 5.56 Å². The molecule has 30 heavy (non-hydrogen) atoms. The molecule has 1 amide bonds. The molecule has 1 N–H and O–H groups in total. The largest absolute Gasteiger partial charge is 0.497 e. The van der Waals surface area contributed by atoms with Gasteiger partial charge in [0.15, 0.2) is 0 Å². The lowest BCUT2D eigenvalue weighted by Gasteiger charge is -2.17. The van der Waals surface area contributed by atoms with E-state index in [2.05, 4.69) is 5.32 Å². The quantitative estimate of drug-likeness (QED) is 0.585. The van der Waals surface area contributed by atoms with Crippen LogP contribution in [-0.2, 0) is 16.6 Å². The normalized spacial score (nSPS) is 11.3. The van der Waals surface area contributed by atoms with Crippen LogP contribution in [0, 0.1) is 0 Å². The fourth-order valence-electron chi connectivity index (χ4n) is 2.80. The minimum atomic E-state index is -3.65. The molecule has 0 spiro atoms. The van der Waals surface area contributed by atoms with Crippen molar-refractivity contribution in [1.29, 1.82) is 0 Å². The van der Waals surface area contributed by atoms with Crippen LogP contribution in [0.2, 0.25) is 5.02 Å². The number of hydrogen-bond acceptors (Lipinski definition) is 4. The number of benzene rings is 3. The predicted molar refractivity (Wildman–Crippen MR) is 117 cm³/mol. The molecule has 3 rings (SSSR count).